The highest BCUT2D eigenvalue weighted by Gasteiger charge is 2.63. The summed E-state index contributed by atoms with van der Waals surface area (Å²) in [6, 6.07) is 4.82. The van der Waals surface area contributed by atoms with Gasteiger partial charge in [-0.15, -0.1) is 0 Å². The molecule has 3 fully saturated rings. The lowest BCUT2D eigenvalue weighted by molar-refractivity contribution is -0.141. The monoisotopic (exact) mass is 861 g/mol. The number of hydrogen-bond donors (Lipinski definition) is 3. The minimum absolute atomic E-state index is 0.0269. The molecule has 61 heavy (non-hydrogen) atoms. The van der Waals surface area contributed by atoms with E-state index in [9.17, 15) is 27.6 Å². The van der Waals surface area contributed by atoms with Gasteiger partial charge in [0, 0.05) is 42.1 Å². The van der Waals surface area contributed by atoms with Crippen LogP contribution in [0.4, 0.5) is 0 Å². The Morgan fingerprint density at radius 2 is 1.84 bits per heavy atom. The summed E-state index contributed by atoms with van der Waals surface area (Å²) >= 11 is 0. The topological polar surface area (TPSA) is 200 Å². The van der Waals surface area contributed by atoms with Crippen molar-refractivity contribution in [3.8, 4) is 17.4 Å². The van der Waals surface area contributed by atoms with E-state index in [2.05, 4.69) is 20.5 Å². The third-order valence-electron chi connectivity index (χ3n) is 12.2. The van der Waals surface area contributed by atoms with Gasteiger partial charge in [-0.1, -0.05) is 38.8 Å². The molecule has 3 N–H and O–H groups in total. The summed E-state index contributed by atoms with van der Waals surface area (Å²) in [7, 11) is -2.43. The van der Waals surface area contributed by atoms with E-state index in [0.717, 1.165) is 18.4 Å². The van der Waals surface area contributed by atoms with Gasteiger partial charge in [-0.2, -0.15) is 5.10 Å². The van der Waals surface area contributed by atoms with Crippen LogP contribution in [0.2, 0.25) is 0 Å². The number of pyridine rings is 1. The van der Waals surface area contributed by atoms with Gasteiger partial charge in [0.15, 0.2) is 0 Å². The molecule has 5 atom stereocenters. The molecule has 0 unspecified atom stereocenters. The maximum Gasteiger partial charge on any atom is 0.272 e. The summed E-state index contributed by atoms with van der Waals surface area (Å²) in [6.07, 6.45) is 8.89. The van der Waals surface area contributed by atoms with Crippen LogP contribution in [0, 0.1) is 18.8 Å². The first kappa shape index (κ1) is 43.9. The Morgan fingerprint density at radius 3 is 2.54 bits per heavy atom. The second kappa shape index (κ2) is 17.3. The number of aromatic nitrogens is 3. The van der Waals surface area contributed by atoms with E-state index >= 15 is 0 Å². The van der Waals surface area contributed by atoms with Crippen LogP contribution in [-0.2, 0) is 31.0 Å². The summed E-state index contributed by atoms with van der Waals surface area (Å²) in [4.78, 5) is 63.5. The number of nitrogens with zero attached hydrogens (tertiary/aromatic N) is 4. The minimum atomic E-state index is -4.01. The molecule has 2 saturated carbocycles. The summed E-state index contributed by atoms with van der Waals surface area (Å²) in [5, 5.41) is 11.0. The molecule has 1 saturated heterocycles. The molecule has 0 radical (unpaired) electrons. The molecule has 3 aromatic rings. The van der Waals surface area contributed by atoms with Crippen LogP contribution < -0.4 is 29.6 Å². The van der Waals surface area contributed by atoms with Gasteiger partial charge in [0.25, 0.3) is 11.8 Å². The molecule has 4 aliphatic rings. The lowest BCUT2D eigenvalue weighted by Gasteiger charge is -2.30. The Labute approximate surface area is 357 Å². The number of carbonyl (C=O) groups excluding carboxylic acids is 4. The van der Waals surface area contributed by atoms with Gasteiger partial charge >= 0.3 is 0 Å². The highest BCUT2D eigenvalue weighted by Crippen LogP contribution is 2.47. The lowest BCUT2D eigenvalue weighted by Crippen LogP contribution is -2.58. The van der Waals surface area contributed by atoms with Gasteiger partial charge in [-0.25, -0.2) is 13.4 Å². The fourth-order valence-corrected chi connectivity index (χ4v) is 9.61. The number of sulfonamides is 1. The van der Waals surface area contributed by atoms with Crippen LogP contribution in [0.1, 0.15) is 108 Å². The predicted molar refractivity (Wildman–Crippen MR) is 228 cm³/mol. The average molecular weight is 862 g/mol. The average Bonchev–Trinajstić information content (AvgIpc) is 3.99. The summed E-state index contributed by atoms with van der Waals surface area (Å²) in [5.74, 6) is -1.18. The first-order valence-corrected chi connectivity index (χ1v) is 22.9. The number of benzene rings is 1. The second-order valence-corrected chi connectivity index (χ2v) is 20.2. The molecule has 4 heterocycles. The fourth-order valence-electron chi connectivity index (χ4n) is 8.29. The summed E-state index contributed by atoms with van der Waals surface area (Å²) in [5.41, 5.74) is 0.00612. The number of carbonyl (C=O) groups is 4. The number of nitrogens with one attached hydrogen (secondary N) is 3. The van der Waals surface area contributed by atoms with Gasteiger partial charge < -0.3 is 29.7 Å². The minimum Gasteiger partial charge on any atom is -0.496 e. The molecule has 0 spiro atoms. The number of ether oxygens (including phenoxy) is 3. The molecule has 330 valence electrons. The molecule has 2 aliphatic carbocycles. The van der Waals surface area contributed by atoms with Crippen LogP contribution >= 0.6 is 0 Å². The quantitative estimate of drug-likeness (QED) is 0.213. The molecule has 2 aliphatic heterocycles. The smallest absolute Gasteiger partial charge is 0.272 e. The van der Waals surface area contributed by atoms with Crippen LogP contribution in [0.5, 0.6) is 17.4 Å². The molecule has 16 nitrogen and oxygen atoms in total. The zero-order valence-electron chi connectivity index (χ0n) is 36.2. The molecule has 1 aromatic carbocycles. The lowest BCUT2D eigenvalue weighted by atomic mass is 10.0. The first-order valence-electron chi connectivity index (χ1n) is 21.5. The van der Waals surface area contributed by atoms with Crippen LogP contribution in [0.15, 0.2) is 42.6 Å². The van der Waals surface area contributed by atoms with Gasteiger partial charge in [-0.3, -0.25) is 28.6 Å². The Balaban J connectivity index is 1.23. The maximum absolute atomic E-state index is 14.9. The van der Waals surface area contributed by atoms with E-state index in [1.165, 1.54) is 4.90 Å². The Kier molecular flexibility index (Phi) is 12.4. The second-order valence-electron chi connectivity index (χ2n) is 18.0. The van der Waals surface area contributed by atoms with Gasteiger partial charge in [-0.05, 0) is 90.3 Å². The van der Waals surface area contributed by atoms with Crippen LogP contribution in [-0.4, -0.2) is 99.9 Å². The van der Waals surface area contributed by atoms with Gasteiger partial charge in [0.05, 0.1) is 30.0 Å². The number of fused-ring (bicyclic) bond motifs is 3. The van der Waals surface area contributed by atoms with E-state index in [-0.39, 0.29) is 31.2 Å². The van der Waals surface area contributed by atoms with Crippen molar-refractivity contribution in [3.63, 3.8) is 0 Å². The number of amides is 4. The fraction of sp³-hybridized carbons (Fsp3) is 0.591. The molecule has 17 heteroatoms. The van der Waals surface area contributed by atoms with E-state index in [1.807, 2.05) is 58.9 Å². The zero-order chi connectivity index (χ0) is 43.9. The largest absolute Gasteiger partial charge is 0.496 e. The van der Waals surface area contributed by atoms with Crippen LogP contribution in [0.3, 0.4) is 0 Å². The highest BCUT2D eigenvalue weighted by molar-refractivity contribution is 7.91. The van der Waals surface area contributed by atoms with E-state index in [0.29, 0.717) is 72.8 Å². The zero-order valence-corrected chi connectivity index (χ0v) is 37.0. The molecule has 0 bridgehead atoms. The van der Waals surface area contributed by atoms with E-state index < -0.39 is 68.0 Å². The molecule has 4 amide bonds. The van der Waals surface area contributed by atoms with Crippen molar-refractivity contribution in [3.05, 3.63) is 53.9 Å². The number of aryl methyl sites for hydroxylation is 1. The van der Waals surface area contributed by atoms with Crippen molar-refractivity contribution >= 4 is 44.6 Å². The Morgan fingerprint density at radius 1 is 1.07 bits per heavy atom. The molecule has 7 rings (SSSR count). The molecular weight excluding hydrogens is 803 g/mol. The standard InChI is InChI=1S/C44H59N7O9S/c1-26(2)24-50-20-17-32(48-50)39(52)45-33-14-12-10-8-9-11-13-29-23-44(29,42(55)49-61(56,57)43(6)18-19-43)47-40(53)34-21-30(25-51(34)41(33)54)60-36-22-37(59-27(3)4)46-38-28(5)35(58-7)16-15-31(36)38/h11,13,15-17,20,22,26-27,29-30,33-34H,8-10,12,14,18-19,21,23-25H2,1-7H3,(H,45,52)(H,47,53)(H,49,55)/b13-11-/t29-,30-,33+,34+,44-/m1/s1. The SMILES string of the molecule is COc1ccc2c(O[C@@H]3C[C@H]4C(=O)N[C@]5(C(=O)NS(=O)(=O)C6(C)CC6)C[C@H]5/C=C\CCCCC[C@H](NC(=O)c5ccn(CC(C)C)n5)C(=O)N4C3)cc(OC(C)C)nc2c1C. The highest BCUT2D eigenvalue weighted by atomic mass is 32.2. The third kappa shape index (κ3) is 9.36. The van der Waals surface area contributed by atoms with Crippen molar-refractivity contribution < 1.29 is 41.8 Å². The van der Waals surface area contributed by atoms with E-state index in [1.54, 1.807) is 37.0 Å². The van der Waals surface area contributed by atoms with Crippen molar-refractivity contribution in [2.24, 2.45) is 11.8 Å². The van der Waals surface area contributed by atoms with Crippen molar-refractivity contribution in [2.75, 3.05) is 13.7 Å². The van der Waals surface area contributed by atoms with Crippen molar-refractivity contribution in [2.45, 2.75) is 140 Å². The number of allylic oxidation sites excluding steroid dienone is 1. The summed E-state index contributed by atoms with van der Waals surface area (Å²) in [6.45, 7) is 11.9. The van der Waals surface area contributed by atoms with Gasteiger partial charge in [0.2, 0.25) is 27.7 Å². The number of hydrogen-bond acceptors (Lipinski definition) is 11. The third-order valence-corrected chi connectivity index (χ3v) is 14.4. The van der Waals surface area contributed by atoms with Crippen molar-refractivity contribution in [1.82, 2.24) is 35.0 Å². The van der Waals surface area contributed by atoms with E-state index in [4.69, 9.17) is 19.2 Å². The Bertz CT molecular complexity index is 2320. The van der Waals surface area contributed by atoms with Crippen molar-refractivity contribution in [1.29, 1.82) is 0 Å². The molecular formula is C44H59N7O9S. The van der Waals surface area contributed by atoms with Gasteiger partial charge in [0.1, 0.15) is 40.9 Å². The first-order chi connectivity index (χ1) is 28.9. The maximum atomic E-state index is 14.9. The number of rotatable bonds is 12. The van der Waals surface area contributed by atoms with Crippen LogP contribution in [0.25, 0.3) is 10.9 Å². The summed E-state index contributed by atoms with van der Waals surface area (Å²) < 4.78 is 47.8. The Hall–Kier alpha value is -5.19. The number of methoxy groups -OCH3 is 1. The normalized spacial score (nSPS) is 25.8. The predicted octanol–water partition coefficient (Wildman–Crippen LogP) is 4.73. The molecule has 2 aromatic heterocycles.